The van der Waals surface area contributed by atoms with Crippen LogP contribution in [-0.4, -0.2) is 7.11 Å². The van der Waals surface area contributed by atoms with Crippen LogP contribution in [0.2, 0.25) is 0 Å². The quantitative estimate of drug-likeness (QED) is 0.734. The molecule has 0 aliphatic carbocycles. The third-order valence-electron chi connectivity index (χ3n) is 2.90. The van der Waals surface area contributed by atoms with Gasteiger partial charge in [-0.3, -0.25) is 0 Å². The van der Waals surface area contributed by atoms with Crippen molar-refractivity contribution in [1.29, 1.82) is 0 Å². The van der Waals surface area contributed by atoms with E-state index in [0.717, 1.165) is 5.75 Å². The van der Waals surface area contributed by atoms with Crippen LogP contribution in [0.15, 0.2) is 59.5 Å². The van der Waals surface area contributed by atoms with Gasteiger partial charge in [-0.05, 0) is 43.7 Å². The predicted octanol–water partition coefficient (Wildman–Crippen LogP) is 4.72. The van der Waals surface area contributed by atoms with Crippen LogP contribution in [0.4, 0.5) is 0 Å². The van der Waals surface area contributed by atoms with Crippen LogP contribution in [0.25, 0.3) is 0 Å². The lowest BCUT2D eigenvalue weighted by atomic mass is 10.0. The number of hydrogen-bond donors (Lipinski definition) is 0. The lowest BCUT2D eigenvalue weighted by Gasteiger charge is -2.24. The summed E-state index contributed by atoms with van der Waals surface area (Å²) in [5.41, 5.74) is 1.34. The van der Waals surface area contributed by atoms with Gasteiger partial charge in [-0.2, -0.15) is 0 Å². The Balaban J connectivity index is 2.16. The van der Waals surface area contributed by atoms with Gasteiger partial charge in [0, 0.05) is 9.64 Å². The van der Waals surface area contributed by atoms with Crippen LogP contribution in [0.3, 0.4) is 0 Å². The van der Waals surface area contributed by atoms with E-state index in [9.17, 15) is 0 Å². The Morgan fingerprint density at radius 3 is 2.06 bits per heavy atom. The van der Waals surface area contributed by atoms with E-state index < -0.39 is 0 Å². The first-order valence-corrected chi connectivity index (χ1v) is 6.82. The number of thioether (sulfide) groups is 1. The molecular formula is C16H18OS. The van der Waals surface area contributed by atoms with Crippen LogP contribution in [0, 0.1) is 0 Å². The van der Waals surface area contributed by atoms with Gasteiger partial charge in [-0.15, -0.1) is 11.8 Å². The van der Waals surface area contributed by atoms with Crippen LogP contribution in [-0.2, 0) is 4.75 Å². The van der Waals surface area contributed by atoms with E-state index in [0.29, 0.717) is 0 Å². The predicted molar refractivity (Wildman–Crippen MR) is 78.3 cm³/mol. The van der Waals surface area contributed by atoms with Crippen LogP contribution in [0.5, 0.6) is 5.75 Å². The molecular weight excluding hydrogens is 240 g/mol. The highest BCUT2D eigenvalue weighted by Gasteiger charge is 2.21. The minimum atomic E-state index is 0.0653. The molecule has 0 aliphatic heterocycles. The van der Waals surface area contributed by atoms with Crippen molar-refractivity contribution in [2.45, 2.75) is 23.5 Å². The molecule has 0 heterocycles. The molecule has 18 heavy (non-hydrogen) atoms. The second-order valence-electron chi connectivity index (χ2n) is 4.65. The fourth-order valence-electron chi connectivity index (χ4n) is 1.84. The van der Waals surface area contributed by atoms with Crippen molar-refractivity contribution in [3.63, 3.8) is 0 Å². The molecule has 0 atom stereocenters. The molecule has 0 aliphatic rings. The van der Waals surface area contributed by atoms with Crippen molar-refractivity contribution >= 4 is 11.8 Å². The van der Waals surface area contributed by atoms with E-state index >= 15 is 0 Å². The Bertz CT molecular complexity index is 488. The molecule has 0 amide bonds. The van der Waals surface area contributed by atoms with E-state index in [-0.39, 0.29) is 4.75 Å². The zero-order valence-electron chi connectivity index (χ0n) is 11.0. The van der Waals surface area contributed by atoms with Crippen LogP contribution < -0.4 is 4.74 Å². The summed E-state index contributed by atoms with van der Waals surface area (Å²) in [6, 6.07) is 18.8. The Labute approximate surface area is 113 Å². The summed E-state index contributed by atoms with van der Waals surface area (Å²) in [4.78, 5) is 1.25. The van der Waals surface area contributed by atoms with Crippen molar-refractivity contribution in [3.05, 3.63) is 60.2 Å². The third kappa shape index (κ3) is 3.08. The van der Waals surface area contributed by atoms with Gasteiger partial charge in [0.1, 0.15) is 5.75 Å². The smallest absolute Gasteiger partial charge is 0.118 e. The van der Waals surface area contributed by atoms with Crippen molar-refractivity contribution in [2.24, 2.45) is 0 Å². The molecule has 0 saturated heterocycles. The average molecular weight is 258 g/mol. The van der Waals surface area contributed by atoms with E-state index in [2.05, 4.69) is 56.3 Å². The summed E-state index contributed by atoms with van der Waals surface area (Å²) < 4.78 is 5.24. The highest BCUT2D eigenvalue weighted by molar-refractivity contribution is 8.00. The van der Waals surface area contributed by atoms with Crippen molar-refractivity contribution < 1.29 is 4.74 Å². The van der Waals surface area contributed by atoms with E-state index in [4.69, 9.17) is 4.74 Å². The lowest BCUT2D eigenvalue weighted by Crippen LogP contribution is -2.11. The van der Waals surface area contributed by atoms with Gasteiger partial charge >= 0.3 is 0 Å². The standard InChI is InChI=1S/C16H18OS/c1-16(2,13-7-5-4-6-8-13)18-15-11-9-14(17-3)10-12-15/h4-12H,1-3H3. The fraction of sp³-hybridized carbons (Fsp3) is 0.250. The minimum Gasteiger partial charge on any atom is -0.497 e. The Hall–Kier alpha value is -1.41. The molecule has 0 N–H and O–H groups in total. The minimum absolute atomic E-state index is 0.0653. The summed E-state index contributed by atoms with van der Waals surface area (Å²) in [6.45, 7) is 4.49. The van der Waals surface area contributed by atoms with Gasteiger partial charge in [0.15, 0.2) is 0 Å². The molecule has 2 aromatic carbocycles. The summed E-state index contributed by atoms with van der Waals surface area (Å²) in [5.74, 6) is 0.900. The van der Waals surface area contributed by atoms with E-state index in [1.54, 1.807) is 7.11 Å². The van der Waals surface area contributed by atoms with Gasteiger partial charge in [0.25, 0.3) is 0 Å². The SMILES string of the molecule is COc1ccc(SC(C)(C)c2ccccc2)cc1. The first-order chi connectivity index (χ1) is 8.62. The van der Waals surface area contributed by atoms with Crippen LogP contribution in [0.1, 0.15) is 19.4 Å². The van der Waals surface area contributed by atoms with Crippen LogP contribution >= 0.6 is 11.8 Å². The maximum absolute atomic E-state index is 5.17. The number of ether oxygens (including phenoxy) is 1. The van der Waals surface area contributed by atoms with Crippen molar-refractivity contribution in [1.82, 2.24) is 0 Å². The number of methoxy groups -OCH3 is 1. The molecule has 0 unspecified atom stereocenters. The maximum atomic E-state index is 5.17. The number of benzene rings is 2. The van der Waals surface area contributed by atoms with E-state index in [1.165, 1.54) is 10.5 Å². The fourth-order valence-corrected chi connectivity index (χ4v) is 2.95. The molecule has 2 heteroatoms. The summed E-state index contributed by atoms with van der Waals surface area (Å²) in [5, 5.41) is 0. The molecule has 94 valence electrons. The zero-order valence-corrected chi connectivity index (χ0v) is 11.8. The first kappa shape index (κ1) is 13.0. The zero-order chi connectivity index (χ0) is 13.0. The van der Waals surface area contributed by atoms with Gasteiger partial charge in [0.2, 0.25) is 0 Å². The number of hydrogen-bond acceptors (Lipinski definition) is 2. The molecule has 0 bridgehead atoms. The summed E-state index contributed by atoms with van der Waals surface area (Å²) in [6.07, 6.45) is 0. The van der Waals surface area contributed by atoms with E-state index in [1.807, 2.05) is 23.9 Å². The Kier molecular flexibility index (Phi) is 3.97. The molecule has 0 spiro atoms. The van der Waals surface area contributed by atoms with Gasteiger partial charge in [-0.1, -0.05) is 30.3 Å². The third-order valence-corrected chi connectivity index (χ3v) is 4.16. The molecule has 0 aromatic heterocycles. The second kappa shape index (κ2) is 5.49. The molecule has 2 aromatic rings. The number of rotatable bonds is 4. The molecule has 2 rings (SSSR count). The maximum Gasteiger partial charge on any atom is 0.118 e. The normalized spacial score (nSPS) is 11.3. The average Bonchev–Trinajstić information content (AvgIpc) is 2.40. The Morgan fingerprint density at radius 2 is 1.50 bits per heavy atom. The Morgan fingerprint density at radius 1 is 0.889 bits per heavy atom. The highest BCUT2D eigenvalue weighted by Crippen LogP contribution is 2.40. The van der Waals surface area contributed by atoms with Gasteiger partial charge < -0.3 is 4.74 Å². The molecule has 0 saturated carbocycles. The largest absolute Gasteiger partial charge is 0.497 e. The molecule has 0 fully saturated rings. The highest BCUT2D eigenvalue weighted by atomic mass is 32.2. The first-order valence-electron chi connectivity index (χ1n) is 6.00. The second-order valence-corrected chi connectivity index (χ2v) is 6.35. The summed E-state index contributed by atoms with van der Waals surface area (Å²) >= 11 is 1.86. The van der Waals surface area contributed by atoms with Gasteiger partial charge in [0.05, 0.1) is 7.11 Å². The summed E-state index contributed by atoms with van der Waals surface area (Å²) in [7, 11) is 1.69. The van der Waals surface area contributed by atoms with Gasteiger partial charge in [-0.25, -0.2) is 0 Å². The topological polar surface area (TPSA) is 9.23 Å². The molecule has 0 radical (unpaired) electrons. The lowest BCUT2D eigenvalue weighted by molar-refractivity contribution is 0.414. The van der Waals surface area contributed by atoms with Crippen molar-refractivity contribution in [3.8, 4) is 5.75 Å². The van der Waals surface area contributed by atoms with Crippen molar-refractivity contribution in [2.75, 3.05) is 7.11 Å². The molecule has 1 nitrogen and oxygen atoms in total. The monoisotopic (exact) mass is 258 g/mol.